The van der Waals surface area contributed by atoms with E-state index in [0.717, 1.165) is 31.5 Å². The van der Waals surface area contributed by atoms with Crippen molar-refractivity contribution in [2.75, 3.05) is 13.1 Å². The van der Waals surface area contributed by atoms with Gasteiger partial charge in [0, 0.05) is 19.1 Å². The van der Waals surface area contributed by atoms with Gasteiger partial charge in [-0.05, 0) is 36.8 Å². The van der Waals surface area contributed by atoms with E-state index in [1.54, 1.807) is 0 Å². The van der Waals surface area contributed by atoms with Gasteiger partial charge >= 0.3 is 0 Å². The van der Waals surface area contributed by atoms with Crippen LogP contribution in [0.5, 0.6) is 0 Å². The standard InChI is InChI=1S/C18H31NO/c1-6-16(7-2)19(12-14(3)4)13-18(20)17-11-9-8-10-15(17)5/h8-11,14,16,18,20H,6-7,12-13H2,1-5H3. The number of hydrogen-bond donors (Lipinski definition) is 1. The maximum atomic E-state index is 10.6. The number of aliphatic hydroxyl groups excluding tert-OH is 1. The first-order chi connectivity index (χ1) is 9.49. The lowest BCUT2D eigenvalue weighted by atomic mass is 10.0. The average Bonchev–Trinajstić information content (AvgIpc) is 2.39. The van der Waals surface area contributed by atoms with E-state index < -0.39 is 6.10 Å². The molecule has 1 atom stereocenters. The molecule has 0 bridgehead atoms. The second kappa shape index (κ2) is 8.43. The van der Waals surface area contributed by atoms with E-state index in [9.17, 15) is 5.11 Å². The topological polar surface area (TPSA) is 23.5 Å². The Hall–Kier alpha value is -0.860. The van der Waals surface area contributed by atoms with Gasteiger partial charge in [-0.2, -0.15) is 0 Å². The second-order valence-electron chi connectivity index (χ2n) is 6.19. The molecular formula is C18H31NO. The molecule has 0 heterocycles. The molecule has 1 rings (SSSR count). The minimum Gasteiger partial charge on any atom is -0.387 e. The third kappa shape index (κ3) is 4.92. The quantitative estimate of drug-likeness (QED) is 0.770. The highest BCUT2D eigenvalue weighted by molar-refractivity contribution is 5.27. The molecule has 0 fully saturated rings. The maximum absolute atomic E-state index is 10.6. The van der Waals surface area contributed by atoms with Gasteiger partial charge in [-0.1, -0.05) is 52.0 Å². The Kier molecular flexibility index (Phi) is 7.25. The summed E-state index contributed by atoms with van der Waals surface area (Å²) in [5.74, 6) is 0.625. The Labute approximate surface area is 124 Å². The monoisotopic (exact) mass is 277 g/mol. The van der Waals surface area contributed by atoms with Crippen LogP contribution in [-0.4, -0.2) is 29.1 Å². The van der Waals surface area contributed by atoms with Crippen LogP contribution in [-0.2, 0) is 0 Å². The first-order valence-electron chi connectivity index (χ1n) is 7.97. The molecule has 1 aromatic carbocycles. The number of aliphatic hydroxyl groups is 1. The van der Waals surface area contributed by atoms with Crippen LogP contribution in [0.15, 0.2) is 24.3 Å². The van der Waals surface area contributed by atoms with Gasteiger partial charge in [0.15, 0.2) is 0 Å². The van der Waals surface area contributed by atoms with Crippen LogP contribution in [0.3, 0.4) is 0 Å². The summed E-state index contributed by atoms with van der Waals surface area (Å²) in [6.45, 7) is 12.8. The van der Waals surface area contributed by atoms with Gasteiger partial charge in [0.2, 0.25) is 0 Å². The van der Waals surface area contributed by atoms with Crippen LogP contribution in [0.25, 0.3) is 0 Å². The van der Waals surface area contributed by atoms with E-state index >= 15 is 0 Å². The molecule has 0 aromatic heterocycles. The molecule has 1 aromatic rings. The normalized spacial score (nSPS) is 13.4. The zero-order valence-electron chi connectivity index (χ0n) is 13.8. The number of rotatable bonds is 8. The molecule has 0 aliphatic rings. The molecule has 0 amide bonds. The van der Waals surface area contributed by atoms with Crippen molar-refractivity contribution in [3.8, 4) is 0 Å². The van der Waals surface area contributed by atoms with Gasteiger partial charge in [-0.3, -0.25) is 4.90 Å². The summed E-state index contributed by atoms with van der Waals surface area (Å²) >= 11 is 0. The lowest BCUT2D eigenvalue weighted by Gasteiger charge is -2.33. The molecule has 114 valence electrons. The van der Waals surface area contributed by atoms with Gasteiger partial charge in [-0.25, -0.2) is 0 Å². The molecule has 20 heavy (non-hydrogen) atoms. The van der Waals surface area contributed by atoms with Crippen LogP contribution in [0.1, 0.15) is 57.8 Å². The fraction of sp³-hybridized carbons (Fsp3) is 0.667. The summed E-state index contributed by atoms with van der Waals surface area (Å²) in [6, 6.07) is 8.72. The van der Waals surface area contributed by atoms with E-state index in [-0.39, 0.29) is 0 Å². The molecule has 0 radical (unpaired) electrons. The van der Waals surface area contributed by atoms with E-state index in [4.69, 9.17) is 0 Å². The summed E-state index contributed by atoms with van der Waals surface area (Å²) < 4.78 is 0. The Morgan fingerprint density at radius 2 is 1.65 bits per heavy atom. The number of nitrogens with zero attached hydrogens (tertiary/aromatic N) is 1. The van der Waals surface area contributed by atoms with Crippen molar-refractivity contribution in [2.45, 2.75) is 59.6 Å². The van der Waals surface area contributed by atoms with Crippen LogP contribution in [0, 0.1) is 12.8 Å². The third-order valence-corrected chi connectivity index (χ3v) is 4.01. The van der Waals surface area contributed by atoms with Crippen molar-refractivity contribution >= 4 is 0 Å². The zero-order chi connectivity index (χ0) is 15.1. The summed E-state index contributed by atoms with van der Waals surface area (Å²) in [5.41, 5.74) is 2.24. The predicted molar refractivity (Wildman–Crippen MR) is 86.9 cm³/mol. The highest BCUT2D eigenvalue weighted by atomic mass is 16.3. The average molecular weight is 277 g/mol. The number of benzene rings is 1. The van der Waals surface area contributed by atoms with E-state index in [2.05, 4.69) is 45.6 Å². The Balaban J connectivity index is 2.80. The Bertz CT molecular complexity index is 385. The molecule has 1 N–H and O–H groups in total. The van der Waals surface area contributed by atoms with Gasteiger partial charge in [-0.15, -0.1) is 0 Å². The summed E-state index contributed by atoms with van der Waals surface area (Å²) in [5, 5.41) is 10.6. The highest BCUT2D eigenvalue weighted by Crippen LogP contribution is 2.21. The molecule has 0 aliphatic carbocycles. The second-order valence-corrected chi connectivity index (χ2v) is 6.19. The first-order valence-corrected chi connectivity index (χ1v) is 7.97. The fourth-order valence-electron chi connectivity index (χ4n) is 2.93. The van der Waals surface area contributed by atoms with E-state index in [1.807, 2.05) is 18.2 Å². The molecule has 0 spiro atoms. The molecular weight excluding hydrogens is 246 g/mol. The van der Waals surface area contributed by atoms with Gasteiger partial charge in [0.1, 0.15) is 0 Å². The Morgan fingerprint density at radius 1 is 1.05 bits per heavy atom. The molecule has 2 heteroatoms. The van der Waals surface area contributed by atoms with Crippen molar-refractivity contribution < 1.29 is 5.11 Å². The van der Waals surface area contributed by atoms with Gasteiger partial charge < -0.3 is 5.11 Å². The van der Waals surface area contributed by atoms with Crippen LogP contribution in [0.4, 0.5) is 0 Å². The summed E-state index contributed by atoms with van der Waals surface area (Å²) in [4.78, 5) is 2.46. The van der Waals surface area contributed by atoms with Crippen molar-refractivity contribution in [3.05, 3.63) is 35.4 Å². The van der Waals surface area contributed by atoms with Crippen molar-refractivity contribution in [2.24, 2.45) is 5.92 Å². The lowest BCUT2D eigenvalue weighted by Crippen LogP contribution is -2.40. The van der Waals surface area contributed by atoms with Gasteiger partial charge in [0.25, 0.3) is 0 Å². The highest BCUT2D eigenvalue weighted by Gasteiger charge is 2.21. The van der Waals surface area contributed by atoms with Crippen LogP contribution >= 0.6 is 0 Å². The lowest BCUT2D eigenvalue weighted by molar-refractivity contribution is 0.0747. The fourth-order valence-corrected chi connectivity index (χ4v) is 2.93. The SMILES string of the molecule is CCC(CC)N(CC(C)C)CC(O)c1ccccc1C. The maximum Gasteiger partial charge on any atom is 0.0919 e. The smallest absolute Gasteiger partial charge is 0.0919 e. The molecule has 0 saturated heterocycles. The van der Waals surface area contributed by atoms with E-state index in [1.165, 1.54) is 5.56 Å². The molecule has 1 unspecified atom stereocenters. The first kappa shape index (κ1) is 17.2. The van der Waals surface area contributed by atoms with E-state index in [0.29, 0.717) is 12.0 Å². The Morgan fingerprint density at radius 3 is 2.15 bits per heavy atom. The van der Waals surface area contributed by atoms with Crippen LogP contribution < -0.4 is 0 Å². The minimum atomic E-state index is -0.393. The number of hydrogen-bond acceptors (Lipinski definition) is 2. The van der Waals surface area contributed by atoms with Crippen molar-refractivity contribution in [1.82, 2.24) is 4.90 Å². The predicted octanol–water partition coefficient (Wildman–Crippen LogP) is 4.18. The van der Waals surface area contributed by atoms with Crippen molar-refractivity contribution in [3.63, 3.8) is 0 Å². The summed E-state index contributed by atoms with van der Waals surface area (Å²) in [6.07, 6.45) is 1.89. The minimum absolute atomic E-state index is 0.393. The zero-order valence-corrected chi connectivity index (χ0v) is 13.8. The molecule has 0 saturated carbocycles. The summed E-state index contributed by atoms with van der Waals surface area (Å²) in [7, 11) is 0. The molecule has 2 nitrogen and oxygen atoms in total. The third-order valence-electron chi connectivity index (χ3n) is 4.01. The van der Waals surface area contributed by atoms with Crippen LogP contribution in [0.2, 0.25) is 0 Å². The molecule has 0 aliphatic heterocycles. The van der Waals surface area contributed by atoms with Crippen molar-refractivity contribution in [1.29, 1.82) is 0 Å². The van der Waals surface area contributed by atoms with Gasteiger partial charge in [0.05, 0.1) is 6.10 Å². The largest absolute Gasteiger partial charge is 0.387 e. The number of aryl methyl sites for hydroxylation is 1.